The van der Waals surface area contributed by atoms with Gasteiger partial charge in [0.25, 0.3) is 0 Å². The van der Waals surface area contributed by atoms with Crippen LogP contribution >= 0.6 is 35.7 Å². The Morgan fingerprint density at radius 2 is 2.12 bits per heavy atom. The third kappa shape index (κ3) is 2.68. The number of thiocarbonyl (C=S) groups is 1. The molecule has 0 spiro atoms. The van der Waals surface area contributed by atoms with Gasteiger partial charge in [0.2, 0.25) is 11.8 Å². The van der Waals surface area contributed by atoms with E-state index in [2.05, 4.69) is 10.6 Å². The second-order valence-corrected chi connectivity index (χ2v) is 8.83. The third-order valence-electron chi connectivity index (χ3n) is 4.36. The van der Waals surface area contributed by atoms with Gasteiger partial charge in [0.15, 0.2) is 0 Å². The predicted octanol–water partition coefficient (Wildman–Crippen LogP) is 1.80. The molecule has 3 fully saturated rings. The fourth-order valence-corrected chi connectivity index (χ4v) is 6.25. The summed E-state index contributed by atoms with van der Waals surface area (Å²) in [6.45, 7) is 0. The average molecular weight is 383 g/mol. The summed E-state index contributed by atoms with van der Waals surface area (Å²) in [5.74, 6) is 0.297. The number of rotatable bonds is 2. The molecule has 2 amide bonds. The van der Waals surface area contributed by atoms with Crippen LogP contribution in [0.3, 0.4) is 0 Å². The summed E-state index contributed by atoms with van der Waals surface area (Å²) in [5, 5.41) is 5.08. The number of fused-ring (bicyclic) bond motifs is 3. The monoisotopic (exact) mass is 383 g/mol. The number of nitrogens with one attached hydrogen (secondary N) is 2. The Labute approximate surface area is 152 Å². The number of thioether (sulfide) groups is 2. The number of benzene rings is 1. The molecule has 4 atom stereocenters. The summed E-state index contributed by atoms with van der Waals surface area (Å²) in [6.07, 6.45) is 0.474. The van der Waals surface area contributed by atoms with Crippen molar-refractivity contribution in [3.63, 3.8) is 0 Å². The molecule has 2 N–H and O–H groups in total. The van der Waals surface area contributed by atoms with Crippen molar-refractivity contribution < 1.29 is 14.0 Å². The topological polar surface area (TPSA) is 61.4 Å². The fourth-order valence-electron chi connectivity index (χ4n) is 3.27. The molecule has 4 unspecified atom stereocenters. The highest BCUT2D eigenvalue weighted by molar-refractivity contribution is 8.24. The molecule has 5 nitrogen and oxygen atoms in total. The summed E-state index contributed by atoms with van der Waals surface area (Å²) in [4.78, 5) is 26.9. The molecule has 3 aliphatic rings. The van der Waals surface area contributed by atoms with Gasteiger partial charge in [-0.15, -0.1) is 11.8 Å². The van der Waals surface area contributed by atoms with E-state index in [4.69, 9.17) is 12.2 Å². The maximum absolute atomic E-state index is 13.0. The second-order valence-electron chi connectivity index (χ2n) is 5.81. The Balaban J connectivity index is 1.54. The first-order valence-electron chi connectivity index (χ1n) is 7.52. The standard InChI is InChI=1S/C15H14FN3O2S3/c16-7-1-3-8(4-2-7)17-14(21)11-12-18-13(20)10-9(5-6-23-10)19(12)15(22)24-11/h1-4,9-12H,5-6H2,(H,17,21)(H,18,20). The van der Waals surface area contributed by atoms with E-state index in [9.17, 15) is 14.0 Å². The second kappa shape index (κ2) is 6.20. The van der Waals surface area contributed by atoms with E-state index in [1.165, 1.54) is 36.0 Å². The Morgan fingerprint density at radius 1 is 1.38 bits per heavy atom. The van der Waals surface area contributed by atoms with Crippen molar-refractivity contribution in [2.45, 2.75) is 29.1 Å². The Hall–Kier alpha value is -1.32. The summed E-state index contributed by atoms with van der Waals surface area (Å²) >= 11 is 8.40. The smallest absolute Gasteiger partial charge is 0.242 e. The lowest BCUT2D eigenvalue weighted by Crippen LogP contribution is -2.64. The maximum atomic E-state index is 13.0. The van der Waals surface area contributed by atoms with Gasteiger partial charge in [-0.2, -0.15) is 0 Å². The van der Waals surface area contributed by atoms with Crippen LogP contribution in [0.25, 0.3) is 0 Å². The van der Waals surface area contributed by atoms with Crippen LogP contribution < -0.4 is 10.6 Å². The number of hydrogen-bond donors (Lipinski definition) is 2. The van der Waals surface area contributed by atoms with Crippen LogP contribution in [0, 0.1) is 5.82 Å². The molecule has 126 valence electrons. The molecule has 1 aromatic carbocycles. The minimum Gasteiger partial charge on any atom is -0.333 e. The number of halogens is 1. The highest BCUT2D eigenvalue weighted by Crippen LogP contribution is 2.42. The number of hydrogen-bond acceptors (Lipinski definition) is 5. The number of amides is 2. The number of carbonyl (C=O) groups is 2. The van der Waals surface area contributed by atoms with Gasteiger partial charge < -0.3 is 15.5 Å². The molecule has 9 heteroatoms. The molecule has 3 aliphatic heterocycles. The van der Waals surface area contributed by atoms with Crippen LogP contribution in [-0.4, -0.2) is 49.5 Å². The van der Waals surface area contributed by atoms with Crippen molar-refractivity contribution in [1.82, 2.24) is 10.2 Å². The lowest BCUT2D eigenvalue weighted by atomic mass is 10.0. The van der Waals surface area contributed by atoms with Crippen LogP contribution in [0.4, 0.5) is 10.1 Å². The van der Waals surface area contributed by atoms with E-state index in [0.717, 1.165) is 12.2 Å². The molecule has 0 radical (unpaired) electrons. The van der Waals surface area contributed by atoms with Gasteiger partial charge in [0.1, 0.15) is 26.8 Å². The number of nitrogens with zero attached hydrogens (tertiary/aromatic N) is 1. The lowest BCUT2D eigenvalue weighted by Gasteiger charge is -2.40. The van der Waals surface area contributed by atoms with E-state index in [0.29, 0.717) is 10.0 Å². The van der Waals surface area contributed by atoms with Crippen LogP contribution in [0.5, 0.6) is 0 Å². The lowest BCUT2D eigenvalue weighted by molar-refractivity contribution is -0.126. The Bertz CT molecular complexity index is 714. The summed E-state index contributed by atoms with van der Waals surface area (Å²) < 4.78 is 13.6. The highest BCUT2D eigenvalue weighted by Gasteiger charge is 2.54. The Kier molecular flexibility index (Phi) is 4.17. The van der Waals surface area contributed by atoms with Crippen LogP contribution in [-0.2, 0) is 9.59 Å². The minimum absolute atomic E-state index is 0.0198. The zero-order valence-corrected chi connectivity index (χ0v) is 14.8. The average Bonchev–Trinajstić information content (AvgIpc) is 3.15. The highest BCUT2D eigenvalue weighted by atomic mass is 32.2. The molecule has 3 saturated heterocycles. The largest absolute Gasteiger partial charge is 0.333 e. The Morgan fingerprint density at radius 3 is 2.88 bits per heavy atom. The van der Waals surface area contributed by atoms with E-state index < -0.39 is 11.4 Å². The van der Waals surface area contributed by atoms with E-state index >= 15 is 0 Å². The fraction of sp³-hybridized carbons (Fsp3) is 0.400. The number of carbonyl (C=O) groups excluding carboxylic acids is 2. The predicted molar refractivity (Wildman–Crippen MR) is 97.4 cm³/mol. The normalized spacial score (nSPS) is 31.5. The molecular formula is C15H14FN3O2S3. The quantitative estimate of drug-likeness (QED) is 0.760. The van der Waals surface area contributed by atoms with Gasteiger partial charge in [0.05, 0.1) is 6.04 Å². The summed E-state index contributed by atoms with van der Waals surface area (Å²) in [5.41, 5.74) is 0.516. The van der Waals surface area contributed by atoms with Gasteiger partial charge in [-0.3, -0.25) is 9.59 Å². The van der Waals surface area contributed by atoms with Gasteiger partial charge in [0, 0.05) is 5.69 Å². The summed E-state index contributed by atoms with van der Waals surface area (Å²) in [6, 6.07) is 5.66. The van der Waals surface area contributed by atoms with Gasteiger partial charge in [-0.25, -0.2) is 4.39 Å². The first kappa shape index (κ1) is 16.2. The van der Waals surface area contributed by atoms with E-state index in [1.807, 2.05) is 4.90 Å². The van der Waals surface area contributed by atoms with Crippen molar-refractivity contribution >= 4 is 57.6 Å². The minimum atomic E-state index is -0.516. The molecular weight excluding hydrogens is 369 g/mol. The molecule has 24 heavy (non-hydrogen) atoms. The zero-order chi connectivity index (χ0) is 16.8. The van der Waals surface area contributed by atoms with Crippen LogP contribution in [0.1, 0.15) is 6.42 Å². The van der Waals surface area contributed by atoms with Gasteiger partial charge >= 0.3 is 0 Å². The van der Waals surface area contributed by atoms with E-state index in [1.54, 1.807) is 11.8 Å². The SMILES string of the molecule is O=C1NC2C(C(=O)Nc3ccc(F)cc3)SC(=S)N2C2CCSC12. The molecule has 0 aromatic heterocycles. The molecule has 0 saturated carbocycles. The van der Waals surface area contributed by atoms with Gasteiger partial charge in [-0.05, 0) is 36.4 Å². The molecule has 3 heterocycles. The molecule has 0 aliphatic carbocycles. The van der Waals surface area contributed by atoms with Crippen molar-refractivity contribution in [2.24, 2.45) is 0 Å². The van der Waals surface area contributed by atoms with Crippen molar-refractivity contribution in [3.8, 4) is 0 Å². The third-order valence-corrected chi connectivity index (χ3v) is 7.36. The van der Waals surface area contributed by atoms with Crippen molar-refractivity contribution in [2.75, 3.05) is 11.1 Å². The van der Waals surface area contributed by atoms with Crippen LogP contribution in [0.15, 0.2) is 24.3 Å². The molecule has 1 aromatic rings. The maximum Gasteiger partial charge on any atom is 0.242 e. The van der Waals surface area contributed by atoms with Gasteiger partial charge in [-0.1, -0.05) is 24.0 Å². The number of anilines is 1. The first-order valence-corrected chi connectivity index (χ1v) is 9.85. The first-order chi connectivity index (χ1) is 11.5. The summed E-state index contributed by atoms with van der Waals surface area (Å²) in [7, 11) is 0. The molecule has 4 rings (SSSR count). The van der Waals surface area contributed by atoms with E-state index in [-0.39, 0.29) is 28.9 Å². The zero-order valence-electron chi connectivity index (χ0n) is 12.4. The van der Waals surface area contributed by atoms with Crippen LogP contribution in [0.2, 0.25) is 0 Å². The van der Waals surface area contributed by atoms with Crippen molar-refractivity contribution in [1.29, 1.82) is 0 Å². The molecule has 0 bridgehead atoms. The van der Waals surface area contributed by atoms with Crippen molar-refractivity contribution in [3.05, 3.63) is 30.1 Å².